The number of hydrogen-bond donors (Lipinski definition) is 1. The van der Waals surface area contributed by atoms with E-state index in [9.17, 15) is 4.39 Å². The Labute approximate surface area is 130 Å². The summed E-state index contributed by atoms with van der Waals surface area (Å²) in [6.07, 6.45) is 0.975. The summed E-state index contributed by atoms with van der Waals surface area (Å²) in [6.45, 7) is 5.87. The lowest BCUT2D eigenvalue weighted by Gasteiger charge is -2.30. The molecule has 2 atom stereocenters. The van der Waals surface area contributed by atoms with Gasteiger partial charge in [0.25, 0.3) is 0 Å². The van der Waals surface area contributed by atoms with Crippen LogP contribution in [0, 0.1) is 12.7 Å². The zero-order valence-corrected chi connectivity index (χ0v) is 13.9. The van der Waals surface area contributed by atoms with Crippen LogP contribution < -0.4 is 10.6 Å². The summed E-state index contributed by atoms with van der Waals surface area (Å²) >= 11 is 1.77. The van der Waals surface area contributed by atoms with Crippen molar-refractivity contribution < 1.29 is 4.39 Å². The van der Waals surface area contributed by atoms with E-state index in [1.165, 1.54) is 4.88 Å². The van der Waals surface area contributed by atoms with E-state index in [1.807, 2.05) is 13.0 Å². The van der Waals surface area contributed by atoms with E-state index in [0.29, 0.717) is 11.6 Å². The topological polar surface area (TPSA) is 29.3 Å². The fourth-order valence-corrected chi connectivity index (χ4v) is 3.27. The zero-order valence-electron chi connectivity index (χ0n) is 13.1. The monoisotopic (exact) mass is 306 g/mol. The van der Waals surface area contributed by atoms with E-state index < -0.39 is 0 Å². The molecule has 1 aromatic carbocycles. The van der Waals surface area contributed by atoms with Crippen molar-refractivity contribution in [3.05, 3.63) is 51.5 Å². The van der Waals surface area contributed by atoms with E-state index in [2.05, 4.69) is 36.4 Å². The summed E-state index contributed by atoms with van der Waals surface area (Å²) in [7, 11) is 2.05. The van der Waals surface area contributed by atoms with E-state index >= 15 is 0 Å². The molecule has 0 radical (unpaired) electrons. The van der Waals surface area contributed by atoms with Crippen molar-refractivity contribution in [2.45, 2.75) is 39.3 Å². The van der Waals surface area contributed by atoms with Gasteiger partial charge in [-0.3, -0.25) is 0 Å². The Balaban J connectivity index is 2.29. The number of nitrogens with two attached hydrogens (primary N) is 1. The molecule has 0 aliphatic heterocycles. The maximum atomic E-state index is 13.8. The Bertz CT molecular complexity index is 593. The van der Waals surface area contributed by atoms with Gasteiger partial charge in [-0.15, -0.1) is 11.3 Å². The second-order valence-electron chi connectivity index (χ2n) is 5.69. The summed E-state index contributed by atoms with van der Waals surface area (Å²) in [5.74, 6) is -0.189. The first kappa shape index (κ1) is 16.0. The van der Waals surface area contributed by atoms with Crippen molar-refractivity contribution in [2.24, 2.45) is 5.73 Å². The molecule has 4 heteroatoms. The molecule has 21 heavy (non-hydrogen) atoms. The number of hydrogen-bond acceptors (Lipinski definition) is 3. The molecule has 1 heterocycles. The van der Waals surface area contributed by atoms with Crippen LogP contribution in [0.15, 0.2) is 29.6 Å². The SMILES string of the molecule is Cc1cc(N(C)C(C)Cc2cccs2)c([C@@H](C)N)cc1F. The van der Waals surface area contributed by atoms with Gasteiger partial charge in [0.05, 0.1) is 0 Å². The van der Waals surface area contributed by atoms with Gasteiger partial charge in [0.15, 0.2) is 0 Å². The number of anilines is 1. The Hall–Kier alpha value is -1.39. The zero-order chi connectivity index (χ0) is 15.6. The number of benzene rings is 1. The lowest BCUT2D eigenvalue weighted by atomic mass is 10.0. The van der Waals surface area contributed by atoms with Gasteiger partial charge in [0.2, 0.25) is 0 Å². The van der Waals surface area contributed by atoms with Crippen LogP contribution in [0.5, 0.6) is 0 Å². The number of thiophene rings is 1. The molecule has 0 saturated carbocycles. The summed E-state index contributed by atoms with van der Waals surface area (Å²) in [4.78, 5) is 3.56. The van der Waals surface area contributed by atoms with Crippen molar-refractivity contribution in [3.8, 4) is 0 Å². The van der Waals surface area contributed by atoms with Crippen LogP contribution in [-0.2, 0) is 6.42 Å². The Kier molecular flexibility index (Phi) is 5.01. The maximum absolute atomic E-state index is 13.8. The fraction of sp³-hybridized carbons (Fsp3) is 0.412. The third-order valence-electron chi connectivity index (χ3n) is 3.92. The second-order valence-corrected chi connectivity index (χ2v) is 6.72. The van der Waals surface area contributed by atoms with Crippen LogP contribution in [0.1, 0.15) is 35.9 Å². The number of likely N-dealkylation sites (N-methyl/N-ethyl adjacent to an activating group) is 1. The van der Waals surface area contributed by atoms with Crippen molar-refractivity contribution in [1.29, 1.82) is 0 Å². The first-order valence-electron chi connectivity index (χ1n) is 7.21. The first-order valence-corrected chi connectivity index (χ1v) is 8.09. The number of aryl methyl sites for hydroxylation is 1. The normalized spacial score (nSPS) is 14.0. The minimum atomic E-state index is -0.189. The van der Waals surface area contributed by atoms with Gasteiger partial charge in [-0.25, -0.2) is 4.39 Å². The van der Waals surface area contributed by atoms with Crippen molar-refractivity contribution in [2.75, 3.05) is 11.9 Å². The van der Waals surface area contributed by atoms with Gasteiger partial charge in [-0.1, -0.05) is 6.07 Å². The molecule has 0 bridgehead atoms. The number of rotatable bonds is 5. The van der Waals surface area contributed by atoms with Crippen LogP contribution in [0.4, 0.5) is 10.1 Å². The molecule has 114 valence electrons. The maximum Gasteiger partial charge on any atom is 0.126 e. The molecule has 1 aromatic heterocycles. The lowest BCUT2D eigenvalue weighted by molar-refractivity contribution is 0.610. The third kappa shape index (κ3) is 3.63. The van der Waals surface area contributed by atoms with Crippen molar-refractivity contribution in [3.63, 3.8) is 0 Å². The number of nitrogens with zero attached hydrogens (tertiary/aromatic N) is 1. The quantitative estimate of drug-likeness (QED) is 0.893. The summed E-state index contributed by atoms with van der Waals surface area (Å²) in [5, 5.41) is 2.09. The lowest BCUT2D eigenvalue weighted by Crippen LogP contribution is -2.32. The van der Waals surface area contributed by atoms with Gasteiger partial charge >= 0.3 is 0 Å². The third-order valence-corrected chi connectivity index (χ3v) is 4.82. The van der Waals surface area contributed by atoms with E-state index in [4.69, 9.17) is 5.73 Å². The summed E-state index contributed by atoms with van der Waals surface area (Å²) in [5.41, 5.74) is 8.55. The molecule has 2 nitrogen and oxygen atoms in total. The molecule has 0 aliphatic rings. The fourth-order valence-electron chi connectivity index (χ4n) is 2.45. The van der Waals surface area contributed by atoms with Crippen LogP contribution in [0.2, 0.25) is 0 Å². The molecule has 2 rings (SSSR count). The highest BCUT2D eigenvalue weighted by molar-refractivity contribution is 7.09. The van der Waals surface area contributed by atoms with Crippen LogP contribution in [0.25, 0.3) is 0 Å². The molecule has 2 N–H and O–H groups in total. The molecule has 1 unspecified atom stereocenters. The molecule has 0 spiro atoms. The largest absolute Gasteiger partial charge is 0.371 e. The predicted octanol–water partition coefficient (Wildman–Crippen LogP) is 4.28. The first-order chi connectivity index (χ1) is 9.90. The number of halogens is 1. The van der Waals surface area contributed by atoms with Gasteiger partial charge in [0.1, 0.15) is 5.82 Å². The molecule has 2 aromatic rings. The molecule has 0 fully saturated rings. The van der Waals surface area contributed by atoms with E-state index in [0.717, 1.165) is 17.7 Å². The Morgan fingerprint density at radius 3 is 2.62 bits per heavy atom. The molecular weight excluding hydrogens is 283 g/mol. The standard InChI is InChI=1S/C17H23FN2S/c1-11-8-17(15(13(3)19)10-16(11)18)20(4)12(2)9-14-6-5-7-21-14/h5-8,10,12-13H,9,19H2,1-4H3/t12?,13-/m1/s1. The Morgan fingerprint density at radius 1 is 1.33 bits per heavy atom. The van der Waals surface area contributed by atoms with E-state index in [-0.39, 0.29) is 11.9 Å². The van der Waals surface area contributed by atoms with Crippen molar-refractivity contribution in [1.82, 2.24) is 0 Å². The van der Waals surface area contributed by atoms with Crippen LogP contribution >= 0.6 is 11.3 Å². The van der Waals surface area contributed by atoms with E-state index in [1.54, 1.807) is 24.3 Å². The van der Waals surface area contributed by atoms with Crippen LogP contribution in [-0.4, -0.2) is 13.1 Å². The average Bonchev–Trinajstić information content (AvgIpc) is 2.93. The molecule has 0 amide bonds. The van der Waals surface area contributed by atoms with Gasteiger partial charge in [0, 0.05) is 36.1 Å². The molecule has 0 aliphatic carbocycles. The summed E-state index contributed by atoms with van der Waals surface area (Å²) < 4.78 is 13.8. The highest BCUT2D eigenvalue weighted by atomic mass is 32.1. The molecule has 0 saturated heterocycles. The molecular formula is C17H23FN2S. The highest BCUT2D eigenvalue weighted by Crippen LogP contribution is 2.29. The van der Waals surface area contributed by atoms with Gasteiger partial charge in [-0.2, -0.15) is 0 Å². The predicted molar refractivity (Wildman–Crippen MR) is 89.6 cm³/mol. The Morgan fingerprint density at radius 2 is 2.05 bits per heavy atom. The summed E-state index contributed by atoms with van der Waals surface area (Å²) in [6, 6.07) is 7.83. The van der Waals surface area contributed by atoms with Gasteiger partial charge < -0.3 is 10.6 Å². The second kappa shape index (κ2) is 6.58. The average molecular weight is 306 g/mol. The minimum Gasteiger partial charge on any atom is -0.371 e. The van der Waals surface area contributed by atoms with Gasteiger partial charge in [-0.05, 0) is 55.5 Å². The minimum absolute atomic E-state index is 0.188. The smallest absolute Gasteiger partial charge is 0.126 e. The van der Waals surface area contributed by atoms with Crippen molar-refractivity contribution >= 4 is 17.0 Å². The van der Waals surface area contributed by atoms with Crippen LogP contribution in [0.3, 0.4) is 0 Å². The highest BCUT2D eigenvalue weighted by Gasteiger charge is 2.18.